The normalized spacial score (nSPS) is 16.5. The largest absolute Gasteiger partial charge is 0.497 e. The number of fused-ring (bicyclic) bond motifs is 1. The molecule has 0 aromatic heterocycles. The second-order valence-electron chi connectivity index (χ2n) is 7.19. The van der Waals surface area contributed by atoms with Gasteiger partial charge in [-0.15, -0.1) is 0 Å². The molecule has 2 atom stereocenters. The molecule has 7 heteroatoms. The van der Waals surface area contributed by atoms with Crippen LogP contribution in [0, 0.1) is 5.82 Å². The third kappa shape index (κ3) is 3.44. The molecule has 0 unspecified atom stereocenters. The third-order valence-electron chi connectivity index (χ3n) is 5.46. The molecule has 30 heavy (non-hydrogen) atoms. The van der Waals surface area contributed by atoms with Crippen LogP contribution in [0.4, 0.5) is 10.1 Å². The quantitative estimate of drug-likeness (QED) is 0.448. The fraction of sp³-hybridized carbons (Fsp3) is 0.174. The van der Waals surface area contributed by atoms with Gasteiger partial charge in [-0.3, -0.25) is 4.79 Å². The van der Waals surface area contributed by atoms with Gasteiger partial charge in [0.1, 0.15) is 11.6 Å². The Hall–Kier alpha value is -2.57. The highest BCUT2D eigenvalue weighted by Gasteiger charge is 2.43. The van der Waals surface area contributed by atoms with Gasteiger partial charge in [-0.05, 0) is 55.0 Å². The van der Waals surface area contributed by atoms with E-state index in [1.165, 1.54) is 18.2 Å². The number of anilines is 1. The van der Waals surface area contributed by atoms with Crippen LogP contribution in [0.1, 0.15) is 46.1 Å². The zero-order chi connectivity index (χ0) is 21.6. The van der Waals surface area contributed by atoms with E-state index >= 15 is 0 Å². The lowest BCUT2D eigenvalue weighted by molar-refractivity contribution is 0.0676. The van der Waals surface area contributed by atoms with Crippen molar-refractivity contribution >= 4 is 39.1 Å². The number of carbonyl (C=O) groups excluding carboxylic acids is 1. The number of amides is 1. The van der Waals surface area contributed by atoms with Gasteiger partial charge in [0.2, 0.25) is 0 Å². The first-order valence-electron chi connectivity index (χ1n) is 9.32. The van der Waals surface area contributed by atoms with Gasteiger partial charge in [0.05, 0.1) is 19.2 Å². The van der Waals surface area contributed by atoms with Gasteiger partial charge < -0.3 is 15.4 Å². The van der Waals surface area contributed by atoms with E-state index in [9.17, 15) is 9.18 Å². The summed E-state index contributed by atoms with van der Waals surface area (Å²) >= 11 is 9.87. The van der Waals surface area contributed by atoms with Crippen LogP contribution in [0.3, 0.4) is 0 Å². The molecule has 2 N–H and O–H groups in total. The summed E-state index contributed by atoms with van der Waals surface area (Å²) in [5, 5.41) is 0.372. The topological polar surface area (TPSA) is 55.6 Å². The van der Waals surface area contributed by atoms with Crippen LogP contribution >= 0.6 is 27.5 Å². The van der Waals surface area contributed by atoms with Gasteiger partial charge in [0, 0.05) is 31.9 Å². The monoisotopic (exact) mass is 488 g/mol. The number of hydrogen-bond donors (Lipinski definition) is 1. The van der Waals surface area contributed by atoms with Crippen molar-refractivity contribution in [2.45, 2.75) is 19.0 Å². The van der Waals surface area contributed by atoms with Crippen LogP contribution in [0.5, 0.6) is 5.75 Å². The minimum Gasteiger partial charge on any atom is -0.497 e. The molecule has 4 nitrogen and oxygen atoms in total. The van der Waals surface area contributed by atoms with Gasteiger partial charge in [0.15, 0.2) is 0 Å². The van der Waals surface area contributed by atoms with Crippen LogP contribution in [0.15, 0.2) is 59.1 Å². The van der Waals surface area contributed by atoms with Gasteiger partial charge in [-0.2, -0.15) is 0 Å². The number of ether oxygens (including phenoxy) is 1. The highest BCUT2D eigenvalue weighted by Crippen LogP contribution is 2.48. The van der Waals surface area contributed by atoms with Crippen LogP contribution in [0.2, 0.25) is 5.02 Å². The van der Waals surface area contributed by atoms with Gasteiger partial charge >= 0.3 is 0 Å². The molecular formula is C23H19BrClFN2O2. The summed E-state index contributed by atoms with van der Waals surface area (Å²) in [6.45, 7) is 1.93. The molecule has 3 aromatic carbocycles. The lowest BCUT2D eigenvalue weighted by Gasteiger charge is -2.33. The second kappa shape index (κ2) is 7.93. The van der Waals surface area contributed by atoms with E-state index in [-0.39, 0.29) is 11.9 Å². The van der Waals surface area contributed by atoms with Crippen molar-refractivity contribution in [2.75, 3.05) is 12.8 Å². The lowest BCUT2D eigenvalue weighted by atomic mass is 9.95. The Labute approximate surface area is 187 Å². The number of carbonyl (C=O) groups is 1. The molecule has 0 bridgehead atoms. The Morgan fingerprint density at radius 1 is 1.17 bits per heavy atom. The first kappa shape index (κ1) is 20.7. The summed E-state index contributed by atoms with van der Waals surface area (Å²) in [6, 6.07) is 14.2. The lowest BCUT2D eigenvalue weighted by Crippen LogP contribution is -2.32. The standard InChI is InChI=1S/C23H19BrClFN2O2/c1-12(13-3-6-16(30-2)7-4-13)28-22(17-11-15(26)5-8-19(17)25)21-18(23(28)29)9-14(24)10-20(21)27/h3-12,22H,27H2,1-2H3/t12-,22+/m0/s1. The average Bonchev–Trinajstić information content (AvgIpc) is 3.02. The molecule has 1 heterocycles. The number of hydrogen-bond acceptors (Lipinski definition) is 3. The molecule has 0 saturated heterocycles. The van der Waals surface area contributed by atoms with Crippen molar-refractivity contribution in [3.63, 3.8) is 0 Å². The Morgan fingerprint density at radius 3 is 2.53 bits per heavy atom. The molecular weight excluding hydrogens is 471 g/mol. The number of rotatable bonds is 4. The predicted octanol–water partition coefficient (Wildman–Crippen LogP) is 6.14. The van der Waals surface area contributed by atoms with E-state index in [0.29, 0.717) is 31.9 Å². The van der Waals surface area contributed by atoms with Crippen molar-refractivity contribution < 1.29 is 13.9 Å². The minimum absolute atomic E-state index is 0.188. The van der Waals surface area contributed by atoms with E-state index in [1.807, 2.05) is 31.2 Å². The molecule has 1 aliphatic heterocycles. The SMILES string of the molecule is COc1ccc([C@H](C)N2C(=O)c3cc(Br)cc(N)c3[C@H]2c2cc(F)ccc2Cl)cc1. The van der Waals surface area contributed by atoms with Crippen LogP contribution in [-0.2, 0) is 0 Å². The summed E-state index contributed by atoms with van der Waals surface area (Å²) in [5.74, 6) is 0.106. The van der Waals surface area contributed by atoms with Gasteiger partial charge in [-0.1, -0.05) is 39.7 Å². The van der Waals surface area contributed by atoms with E-state index in [1.54, 1.807) is 24.1 Å². The molecule has 1 amide bonds. The maximum absolute atomic E-state index is 14.2. The molecule has 3 aromatic rings. The minimum atomic E-state index is -0.610. The summed E-state index contributed by atoms with van der Waals surface area (Å²) in [7, 11) is 1.60. The number of nitrogens with zero attached hydrogens (tertiary/aromatic N) is 1. The molecule has 0 radical (unpaired) electrons. The van der Waals surface area contributed by atoms with E-state index in [2.05, 4.69) is 15.9 Å². The fourth-order valence-electron chi connectivity index (χ4n) is 3.99. The van der Waals surface area contributed by atoms with Crippen molar-refractivity contribution in [1.29, 1.82) is 0 Å². The van der Waals surface area contributed by atoms with Crippen molar-refractivity contribution in [2.24, 2.45) is 0 Å². The number of nitrogen functional groups attached to an aromatic ring is 1. The Bertz CT molecular complexity index is 1140. The molecule has 0 saturated carbocycles. The zero-order valence-electron chi connectivity index (χ0n) is 16.3. The first-order valence-corrected chi connectivity index (χ1v) is 10.5. The highest BCUT2D eigenvalue weighted by molar-refractivity contribution is 9.10. The van der Waals surface area contributed by atoms with Crippen molar-refractivity contribution in [3.05, 3.63) is 92.2 Å². The zero-order valence-corrected chi connectivity index (χ0v) is 18.7. The van der Waals surface area contributed by atoms with E-state index < -0.39 is 11.9 Å². The maximum atomic E-state index is 14.2. The number of nitrogens with two attached hydrogens (primary N) is 1. The Kier molecular flexibility index (Phi) is 5.47. The molecule has 1 aliphatic rings. The second-order valence-corrected chi connectivity index (χ2v) is 8.51. The number of benzene rings is 3. The van der Waals surface area contributed by atoms with Crippen LogP contribution in [0.25, 0.3) is 0 Å². The molecule has 0 aliphatic carbocycles. The van der Waals surface area contributed by atoms with Crippen LogP contribution in [-0.4, -0.2) is 17.9 Å². The summed E-state index contributed by atoms with van der Waals surface area (Å²) in [6.07, 6.45) is 0. The number of halogens is 3. The van der Waals surface area contributed by atoms with Crippen LogP contribution < -0.4 is 10.5 Å². The molecule has 4 rings (SSSR count). The first-order chi connectivity index (χ1) is 14.3. The van der Waals surface area contributed by atoms with E-state index in [4.69, 9.17) is 22.1 Å². The molecule has 154 valence electrons. The van der Waals surface area contributed by atoms with Gasteiger partial charge in [-0.25, -0.2) is 4.39 Å². The molecule has 0 fully saturated rings. The summed E-state index contributed by atoms with van der Waals surface area (Å²) < 4.78 is 20.1. The fourth-order valence-corrected chi connectivity index (χ4v) is 4.69. The summed E-state index contributed by atoms with van der Waals surface area (Å²) in [4.78, 5) is 15.2. The van der Waals surface area contributed by atoms with Crippen molar-refractivity contribution in [3.8, 4) is 5.75 Å². The molecule has 0 spiro atoms. The maximum Gasteiger partial charge on any atom is 0.255 e. The average molecular weight is 490 g/mol. The number of methoxy groups -OCH3 is 1. The van der Waals surface area contributed by atoms with Gasteiger partial charge in [0.25, 0.3) is 5.91 Å². The van der Waals surface area contributed by atoms with E-state index in [0.717, 1.165) is 11.3 Å². The smallest absolute Gasteiger partial charge is 0.255 e. The highest BCUT2D eigenvalue weighted by atomic mass is 79.9. The Balaban J connectivity index is 1.90. The third-order valence-corrected chi connectivity index (χ3v) is 6.26. The summed E-state index contributed by atoms with van der Waals surface area (Å²) in [5.41, 5.74) is 9.30. The Morgan fingerprint density at radius 2 is 1.87 bits per heavy atom. The van der Waals surface area contributed by atoms with Crippen molar-refractivity contribution in [1.82, 2.24) is 4.90 Å². The predicted molar refractivity (Wildman–Crippen MR) is 119 cm³/mol.